The normalized spacial score (nSPS) is 18.1. The van der Waals surface area contributed by atoms with E-state index in [1.54, 1.807) is 6.07 Å². The number of rotatable bonds is 5. The van der Waals surface area contributed by atoms with E-state index in [0.717, 1.165) is 18.7 Å². The molecule has 2 aromatic rings. The second kappa shape index (κ2) is 8.43. The Bertz CT molecular complexity index is 727. The summed E-state index contributed by atoms with van der Waals surface area (Å²) in [5.74, 6) is -0.637. The number of morpholine rings is 1. The van der Waals surface area contributed by atoms with Crippen LogP contribution in [0.3, 0.4) is 0 Å². The van der Waals surface area contributed by atoms with Crippen molar-refractivity contribution in [3.63, 3.8) is 0 Å². The van der Waals surface area contributed by atoms with Crippen LogP contribution >= 0.6 is 11.6 Å². The van der Waals surface area contributed by atoms with Gasteiger partial charge in [-0.1, -0.05) is 48.0 Å². The van der Waals surface area contributed by atoms with Gasteiger partial charge in [-0.15, -0.1) is 0 Å². The van der Waals surface area contributed by atoms with Crippen molar-refractivity contribution in [1.82, 2.24) is 10.2 Å². The Labute approximate surface area is 151 Å². The van der Waals surface area contributed by atoms with E-state index in [9.17, 15) is 9.18 Å². The molecule has 6 heteroatoms. The van der Waals surface area contributed by atoms with Gasteiger partial charge in [-0.25, -0.2) is 4.39 Å². The molecule has 1 aliphatic heterocycles. The average molecular weight is 363 g/mol. The van der Waals surface area contributed by atoms with E-state index in [1.165, 1.54) is 17.7 Å². The highest BCUT2D eigenvalue weighted by Crippen LogP contribution is 2.16. The molecule has 1 saturated heterocycles. The Balaban J connectivity index is 1.52. The number of carbonyl (C=O) groups excluding carboxylic acids is 1. The van der Waals surface area contributed by atoms with Crippen molar-refractivity contribution in [2.45, 2.75) is 19.2 Å². The number of hydrogen-bond donors (Lipinski definition) is 1. The van der Waals surface area contributed by atoms with E-state index in [2.05, 4.69) is 22.3 Å². The Morgan fingerprint density at radius 3 is 2.80 bits per heavy atom. The maximum atomic E-state index is 13.2. The molecule has 0 spiro atoms. The van der Waals surface area contributed by atoms with Gasteiger partial charge in [0.2, 0.25) is 0 Å². The lowest BCUT2D eigenvalue weighted by molar-refractivity contribution is -0.139. The summed E-state index contributed by atoms with van der Waals surface area (Å²) >= 11 is 5.75. The van der Waals surface area contributed by atoms with Crippen LogP contribution in [0.2, 0.25) is 5.02 Å². The van der Waals surface area contributed by atoms with Crippen molar-refractivity contribution >= 4 is 17.5 Å². The van der Waals surface area contributed by atoms with Crippen LogP contribution in [0, 0.1) is 5.82 Å². The fourth-order valence-electron chi connectivity index (χ4n) is 2.80. The molecule has 1 fully saturated rings. The lowest BCUT2D eigenvalue weighted by atomic mass is 10.1. The molecule has 0 bridgehead atoms. The van der Waals surface area contributed by atoms with Crippen LogP contribution in [0.4, 0.5) is 4.39 Å². The van der Waals surface area contributed by atoms with Gasteiger partial charge in [0.05, 0.1) is 11.6 Å². The molecule has 1 unspecified atom stereocenters. The molecular weight excluding hydrogens is 343 g/mol. The van der Waals surface area contributed by atoms with E-state index < -0.39 is 11.9 Å². The fraction of sp³-hybridized carbons (Fsp3) is 0.316. The molecule has 25 heavy (non-hydrogen) atoms. The van der Waals surface area contributed by atoms with Crippen LogP contribution in [0.1, 0.15) is 11.1 Å². The SMILES string of the molecule is O=C(NCc1ccc(F)c(Cl)c1)C1CN(Cc2ccccc2)CCO1. The number of nitrogens with one attached hydrogen (secondary N) is 1. The zero-order valence-corrected chi connectivity index (χ0v) is 14.5. The lowest BCUT2D eigenvalue weighted by Gasteiger charge is -2.32. The van der Waals surface area contributed by atoms with Crippen LogP contribution in [0.15, 0.2) is 48.5 Å². The summed E-state index contributed by atoms with van der Waals surface area (Å²) in [4.78, 5) is 14.6. The molecule has 2 aromatic carbocycles. The van der Waals surface area contributed by atoms with Crippen molar-refractivity contribution < 1.29 is 13.9 Å². The van der Waals surface area contributed by atoms with Crippen LogP contribution in [-0.2, 0) is 22.6 Å². The first-order valence-electron chi connectivity index (χ1n) is 8.21. The molecule has 132 valence electrons. The van der Waals surface area contributed by atoms with Crippen molar-refractivity contribution in [1.29, 1.82) is 0 Å². The molecule has 1 N–H and O–H groups in total. The van der Waals surface area contributed by atoms with Crippen molar-refractivity contribution in [2.24, 2.45) is 0 Å². The van der Waals surface area contributed by atoms with Crippen LogP contribution in [-0.4, -0.2) is 36.6 Å². The highest BCUT2D eigenvalue weighted by molar-refractivity contribution is 6.30. The van der Waals surface area contributed by atoms with Crippen molar-refractivity contribution in [3.8, 4) is 0 Å². The Hall–Kier alpha value is -1.95. The minimum Gasteiger partial charge on any atom is -0.366 e. The van der Waals surface area contributed by atoms with Gasteiger partial charge >= 0.3 is 0 Å². The Morgan fingerprint density at radius 2 is 2.04 bits per heavy atom. The second-order valence-electron chi connectivity index (χ2n) is 6.05. The number of benzene rings is 2. The van der Waals surface area contributed by atoms with Crippen LogP contribution < -0.4 is 5.32 Å². The number of halogens is 2. The number of carbonyl (C=O) groups is 1. The lowest BCUT2D eigenvalue weighted by Crippen LogP contribution is -2.49. The largest absolute Gasteiger partial charge is 0.366 e. The molecule has 1 heterocycles. The van der Waals surface area contributed by atoms with Crippen LogP contribution in [0.25, 0.3) is 0 Å². The highest BCUT2D eigenvalue weighted by atomic mass is 35.5. The summed E-state index contributed by atoms with van der Waals surface area (Å²) in [5, 5.41) is 2.88. The zero-order chi connectivity index (χ0) is 17.6. The average Bonchev–Trinajstić information content (AvgIpc) is 2.63. The van der Waals surface area contributed by atoms with E-state index in [1.807, 2.05) is 18.2 Å². The predicted octanol–water partition coefficient (Wildman–Crippen LogP) is 3.00. The van der Waals surface area contributed by atoms with E-state index >= 15 is 0 Å². The number of hydrogen-bond acceptors (Lipinski definition) is 3. The van der Waals surface area contributed by atoms with Gasteiger partial charge in [-0.05, 0) is 23.3 Å². The summed E-state index contributed by atoms with van der Waals surface area (Å²) < 4.78 is 18.8. The van der Waals surface area contributed by atoms with Gasteiger partial charge in [0.1, 0.15) is 11.9 Å². The first kappa shape index (κ1) is 17.9. The highest BCUT2D eigenvalue weighted by Gasteiger charge is 2.26. The molecule has 0 saturated carbocycles. The quantitative estimate of drug-likeness (QED) is 0.889. The molecule has 1 aliphatic rings. The molecule has 0 aliphatic carbocycles. The van der Waals surface area contributed by atoms with Gasteiger partial charge < -0.3 is 10.1 Å². The third kappa shape index (κ3) is 5.01. The smallest absolute Gasteiger partial charge is 0.250 e. The molecule has 4 nitrogen and oxygen atoms in total. The van der Waals surface area contributed by atoms with Gasteiger partial charge in [-0.2, -0.15) is 0 Å². The summed E-state index contributed by atoms with van der Waals surface area (Å²) in [6, 6.07) is 14.6. The second-order valence-corrected chi connectivity index (χ2v) is 6.45. The fourth-order valence-corrected chi connectivity index (χ4v) is 3.00. The van der Waals surface area contributed by atoms with E-state index in [-0.39, 0.29) is 17.5 Å². The summed E-state index contributed by atoms with van der Waals surface area (Å²) in [7, 11) is 0. The zero-order valence-electron chi connectivity index (χ0n) is 13.8. The van der Waals surface area contributed by atoms with Crippen molar-refractivity contribution in [3.05, 3.63) is 70.5 Å². The summed E-state index contributed by atoms with van der Waals surface area (Å²) in [6.07, 6.45) is -0.506. The monoisotopic (exact) mass is 362 g/mol. The molecule has 0 aromatic heterocycles. The Kier molecular flexibility index (Phi) is 6.02. The predicted molar refractivity (Wildman–Crippen MR) is 94.7 cm³/mol. The maximum Gasteiger partial charge on any atom is 0.250 e. The standard InChI is InChI=1S/C19H20ClFN2O2/c20-16-10-15(6-7-17(16)21)11-22-19(24)18-13-23(8-9-25-18)12-14-4-2-1-3-5-14/h1-7,10,18H,8-9,11-13H2,(H,22,24). The van der Waals surface area contributed by atoms with Gasteiger partial charge in [0, 0.05) is 26.2 Å². The summed E-state index contributed by atoms with van der Waals surface area (Å²) in [6.45, 7) is 2.95. The van der Waals surface area contributed by atoms with Crippen molar-refractivity contribution in [2.75, 3.05) is 19.7 Å². The Morgan fingerprint density at radius 1 is 1.24 bits per heavy atom. The third-order valence-electron chi connectivity index (χ3n) is 4.14. The van der Waals surface area contributed by atoms with E-state index in [4.69, 9.17) is 16.3 Å². The molecule has 1 atom stereocenters. The maximum absolute atomic E-state index is 13.2. The van der Waals surface area contributed by atoms with Gasteiger partial charge in [-0.3, -0.25) is 9.69 Å². The number of nitrogens with zero attached hydrogens (tertiary/aromatic N) is 1. The first-order valence-corrected chi connectivity index (χ1v) is 8.59. The molecule has 3 rings (SSSR count). The van der Waals surface area contributed by atoms with Gasteiger partial charge in [0.25, 0.3) is 5.91 Å². The van der Waals surface area contributed by atoms with E-state index in [0.29, 0.717) is 13.2 Å². The molecule has 0 radical (unpaired) electrons. The minimum absolute atomic E-state index is 0.0506. The van der Waals surface area contributed by atoms with Crippen LogP contribution in [0.5, 0.6) is 0 Å². The number of amides is 1. The molecular formula is C19H20ClFN2O2. The third-order valence-corrected chi connectivity index (χ3v) is 4.43. The first-order chi connectivity index (χ1) is 12.1. The number of ether oxygens (including phenoxy) is 1. The summed E-state index contributed by atoms with van der Waals surface area (Å²) in [5.41, 5.74) is 1.96. The topological polar surface area (TPSA) is 41.6 Å². The van der Waals surface area contributed by atoms with Gasteiger partial charge in [0.15, 0.2) is 0 Å². The minimum atomic E-state index is -0.506. The molecule has 1 amide bonds.